The summed E-state index contributed by atoms with van der Waals surface area (Å²) in [6.07, 6.45) is 3.12. The van der Waals surface area contributed by atoms with E-state index in [1.807, 2.05) is 28.5 Å². The van der Waals surface area contributed by atoms with Crippen molar-refractivity contribution in [2.75, 3.05) is 44.3 Å². The van der Waals surface area contributed by atoms with Crippen molar-refractivity contribution < 1.29 is 18.7 Å². The molecule has 9 heteroatoms. The van der Waals surface area contributed by atoms with Crippen molar-refractivity contribution in [3.63, 3.8) is 0 Å². The number of ether oxygens (including phenoxy) is 2. The molecule has 1 aromatic carbocycles. The fraction of sp³-hybridized carbons (Fsp3) is 0.500. The van der Waals surface area contributed by atoms with Gasteiger partial charge in [0.1, 0.15) is 11.6 Å². The predicted octanol–water partition coefficient (Wildman–Crippen LogP) is 3.43. The van der Waals surface area contributed by atoms with Crippen LogP contribution in [-0.4, -0.2) is 70.6 Å². The van der Waals surface area contributed by atoms with Gasteiger partial charge in [0.2, 0.25) is 5.91 Å². The summed E-state index contributed by atoms with van der Waals surface area (Å²) in [5.74, 6) is 0.542. The number of amides is 1. The molecule has 3 fully saturated rings. The number of aryl methyl sites for hydroxylation is 1. The van der Waals surface area contributed by atoms with E-state index in [-0.39, 0.29) is 17.6 Å². The molecule has 3 aliphatic rings. The number of aromatic nitrogens is 3. The number of benzene rings is 1. The van der Waals surface area contributed by atoms with Crippen molar-refractivity contribution in [2.24, 2.45) is 5.92 Å². The molecule has 0 N–H and O–H groups in total. The molecular formula is C26H30FN5O3. The summed E-state index contributed by atoms with van der Waals surface area (Å²) in [7, 11) is 0. The highest BCUT2D eigenvalue weighted by molar-refractivity contribution is 5.79. The largest absolute Gasteiger partial charge is 0.356 e. The molecule has 2 aromatic heterocycles. The van der Waals surface area contributed by atoms with E-state index in [0.29, 0.717) is 26.3 Å². The van der Waals surface area contributed by atoms with Gasteiger partial charge in [0.15, 0.2) is 11.4 Å². The Morgan fingerprint density at radius 3 is 2.40 bits per heavy atom. The molecule has 184 valence electrons. The van der Waals surface area contributed by atoms with E-state index in [4.69, 9.17) is 14.6 Å². The summed E-state index contributed by atoms with van der Waals surface area (Å²) in [4.78, 5) is 22.2. The molecule has 8 nitrogen and oxygen atoms in total. The third-order valence-corrected chi connectivity index (χ3v) is 7.50. The van der Waals surface area contributed by atoms with Crippen LogP contribution in [0, 0.1) is 18.7 Å². The second-order valence-corrected chi connectivity index (χ2v) is 9.76. The second kappa shape index (κ2) is 8.87. The number of anilines is 1. The van der Waals surface area contributed by atoms with E-state index in [0.717, 1.165) is 67.2 Å². The number of halogens is 1. The molecule has 0 atom stereocenters. The van der Waals surface area contributed by atoms with Gasteiger partial charge >= 0.3 is 0 Å². The summed E-state index contributed by atoms with van der Waals surface area (Å²) in [6.45, 7) is 6.23. The minimum Gasteiger partial charge on any atom is -0.356 e. The van der Waals surface area contributed by atoms with Crippen LogP contribution in [0.25, 0.3) is 16.9 Å². The Balaban J connectivity index is 1.15. The lowest BCUT2D eigenvalue weighted by Crippen LogP contribution is -2.50. The minimum absolute atomic E-state index is 0.0385. The number of nitrogens with zero attached hydrogens (tertiary/aromatic N) is 5. The minimum atomic E-state index is -0.457. The number of rotatable bonds is 3. The van der Waals surface area contributed by atoms with Crippen LogP contribution in [0.1, 0.15) is 31.4 Å². The number of hydrogen-bond acceptors (Lipinski definition) is 6. The smallest absolute Gasteiger partial charge is 0.225 e. The number of fused-ring (bicyclic) bond motifs is 1. The van der Waals surface area contributed by atoms with E-state index in [1.54, 1.807) is 12.1 Å². The van der Waals surface area contributed by atoms with Crippen LogP contribution in [0.3, 0.4) is 0 Å². The van der Waals surface area contributed by atoms with Crippen LogP contribution in [0.2, 0.25) is 0 Å². The van der Waals surface area contributed by atoms with E-state index in [1.165, 1.54) is 12.1 Å². The molecule has 3 aliphatic heterocycles. The molecule has 3 aromatic rings. The summed E-state index contributed by atoms with van der Waals surface area (Å²) < 4.78 is 26.8. The molecule has 6 rings (SSSR count). The van der Waals surface area contributed by atoms with Crippen LogP contribution < -0.4 is 4.90 Å². The van der Waals surface area contributed by atoms with Crippen molar-refractivity contribution in [3.05, 3.63) is 47.9 Å². The topological polar surface area (TPSA) is 72.2 Å². The van der Waals surface area contributed by atoms with Crippen molar-refractivity contribution >= 4 is 17.4 Å². The molecule has 0 radical (unpaired) electrons. The zero-order chi connectivity index (χ0) is 24.0. The lowest BCUT2D eigenvalue weighted by Gasteiger charge is -2.40. The van der Waals surface area contributed by atoms with E-state index in [9.17, 15) is 9.18 Å². The van der Waals surface area contributed by atoms with Crippen LogP contribution in [0.15, 0.2) is 36.4 Å². The molecule has 0 saturated carbocycles. The van der Waals surface area contributed by atoms with Gasteiger partial charge in [-0.2, -0.15) is 9.61 Å². The Morgan fingerprint density at radius 1 is 1.03 bits per heavy atom. The van der Waals surface area contributed by atoms with Gasteiger partial charge < -0.3 is 19.3 Å². The maximum absolute atomic E-state index is 13.4. The number of carbonyl (C=O) groups excluding carboxylic acids is 1. The summed E-state index contributed by atoms with van der Waals surface area (Å²) in [6, 6.07) is 10.3. The number of carbonyl (C=O) groups is 1. The van der Waals surface area contributed by atoms with Crippen LogP contribution in [-0.2, 0) is 14.3 Å². The van der Waals surface area contributed by atoms with Gasteiger partial charge in [0.25, 0.3) is 0 Å². The molecule has 1 spiro atoms. The lowest BCUT2D eigenvalue weighted by atomic mass is 9.93. The quantitative estimate of drug-likeness (QED) is 0.573. The Morgan fingerprint density at radius 2 is 1.71 bits per heavy atom. The van der Waals surface area contributed by atoms with Crippen LogP contribution in [0.4, 0.5) is 10.2 Å². The molecule has 0 unspecified atom stereocenters. The lowest BCUT2D eigenvalue weighted by molar-refractivity contribution is -0.188. The molecule has 0 bridgehead atoms. The van der Waals surface area contributed by atoms with E-state index < -0.39 is 5.79 Å². The molecular weight excluding hydrogens is 449 g/mol. The molecule has 3 saturated heterocycles. The highest BCUT2D eigenvalue weighted by Crippen LogP contribution is 2.33. The first-order valence-corrected chi connectivity index (χ1v) is 12.4. The van der Waals surface area contributed by atoms with Crippen molar-refractivity contribution in [1.82, 2.24) is 19.5 Å². The van der Waals surface area contributed by atoms with Crippen LogP contribution in [0.5, 0.6) is 0 Å². The van der Waals surface area contributed by atoms with Gasteiger partial charge in [-0.1, -0.05) is 0 Å². The van der Waals surface area contributed by atoms with Gasteiger partial charge in [-0.05, 0) is 44.0 Å². The number of likely N-dealkylation sites (tertiary alicyclic amines) is 1. The molecule has 0 aliphatic carbocycles. The average Bonchev–Trinajstić information content (AvgIpc) is 3.51. The molecule has 35 heavy (non-hydrogen) atoms. The first-order chi connectivity index (χ1) is 17.0. The zero-order valence-corrected chi connectivity index (χ0v) is 20.0. The average molecular weight is 480 g/mol. The van der Waals surface area contributed by atoms with Crippen molar-refractivity contribution in [3.8, 4) is 11.3 Å². The fourth-order valence-electron chi connectivity index (χ4n) is 5.53. The number of hydrogen-bond donors (Lipinski definition) is 0. The monoisotopic (exact) mass is 479 g/mol. The number of piperidine rings is 2. The first kappa shape index (κ1) is 22.4. The van der Waals surface area contributed by atoms with E-state index >= 15 is 0 Å². The molecule has 1 amide bonds. The van der Waals surface area contributed by atoms with Gasteiger partial charge in [-0.3, -0.25) is 4.79 Å². The van der Waals surface area contributed by atoms with Gasteiger partial charge in [0.05, 0.1) is 18.9 Å². The standard InChI is InChI=1S/C26H30FN5O3/c1-18-16-24(32-23(28-18)17-22(29-32)19-2-4-21(27)5-3-19)30-10-6-20(7-11-30)25(33)31-12-8-26(9-13-31)34-14-15-35-26/h2-5,16-17,20H,6-15H2,1H3. The Bertz CT molecular complexity index is 1220. The van der Waals surface area contributed by atoms with Gasteiger partial charge in [-0.25, -0.2) is 9.37 Å². The highest BCUT2D eigenvalue weighted by Gasteiger charge is 2.42. The summed E-state index contributed by atoms with van der Waals surface area (Å²) in [5.41, 5.74) is 3.28. The van der Waals surface area contributed by atoms with Crippen molar-refractivity contribution in [2.45, 2.75) is 38.4 Å². The summed E-state index contributed by atoms with van der Waals surface area (Å²) in [5, 5.41) is 4.78. The summed E-state index contributed by atoms with van der Waals surface area (Å²) >= 11 is 0. The third kappa shape index (κ3) is 4.27. The second-order valence-electron chi connectivity index (χ2n) is 9.76. The normalized spacial score (nSPS) is 20.7. The predicted molar refractivity (Wildman–Crippen MR) is 129 cm³/mol. The van der Waals surface area contributed by atoms with Crippen LogP contribution >= 0.6 is 0 Å². The zero-order valence-electron chi connectivity index (χ0n) is 20.0. The highest BCUT2D eigenvalue weighted by atomic mass is 19.1. The fourth-order valence-corrected chi connectivity index (χ4v) is 5.53. The Labute approximate surface area is 203 Å². The maximum Gasteiger partial charge on any atom is 0.225 e. The van der Waals surface area contributed by atoms with E-state index in [2.05, 4.69) is 9.88 Å². The maximum atomic E-state index is 13.4. The SMILES string of the molecule is Cc1cc(N2CCC(C(=O)N3CCC4(CC3)OCCO4)CC2)n2nc(-c3ccc(F)cc3)cc2n1. The Kier molecular flexibility index (Phi) is 5.69. The first-order valence-electron chi connectivity index (χ1n) is 12.4. The van der Waals surface area contributed by atoms with Gasteiger partial charge in [-0.15, -0.1) is 0 Å². The third-order valence-electron chi connectivity index (χ3n) is 7.50. The Hall–Kier alpha value is -3.04. The van der Waals surface area contributed by atoms with Gasteiger partial charge in [0, 0.05) is 68.3 Å². The van der Waals surface area contributed by atoms with Crippen molar-refractivity contribution in [1.29, 1.82) is 0 Å². The molecule has 5 heterocycles.